The molecule has 2 amide bonds. The summed E-state index contributed by atoms with van der Waals surface area (Å²) < 4.78 is 26.7. The highest BCUT2D eigenvalue weighted by atomic mass is 79.9. The first kappa shape index (κ1) is 27.4. The summed E-state index contributed by atoms with van der Waals surface area (Å²) in [6, 6.07) is 10.8. The van der Waals surface area contributed by atoms with Gasteiger partial charge in [-0.05, 0) is 59.1 Å². The van der Waals surface area contributed by atoms with Crippen LogP contribution in [-0.2, 0) is 26.2 Å². The Hall–Kier alpha value is -1.81. The molecule has 0 aliphatic rings. The van der Waals surface area contributed by atoms with Crippen LogP contribution in [0.5, 0.6) is 0 Å². The number of rotatable bonds is 10. The summed E-state index contributed by atoms with van der Waals surface area (Å²) in [6.45, 7) is 3.49. The van der Waals surface area contributed by atoms with E-state index in [1.807, 2.05) is 0 Å². The molecule has 0 spiro atoms. The fourth-order valence-electron chi connectivity index (χ4n) is 3.29. The zero-order chi connectivity index (χ0) is 24.8. The third-order valence-electron chi connectivity index (χ3n) is 4.89. The first-order chi connectivity index (χ1) is 15.5. The molecule has 0 aliphatic heterocycles. The Morgan fingerprint density at radius 2 is 1.79 bits per heavy atom. The van der Waals surface area contributed by atoms with E-state index in [9.17, 15) is 18.0 Å². The van der Waals surface area contributed by atoms with Crippen LogP contribution in [0, 0.1) is 0 Å². The number of anilines is 1. The van der Waals surface area contributed by atoms with Crippen LogP contribution in [0.3, 0.4) is 0 Å². The number of benzene rings is 2. The number of carbonyl (C=O) groups is 2. The molecule has 0 saturated heterocycles. The minimum absolute atomic E-state index is 0.0119. The number of sulfonamides is 1. The second-order valence-electron chi connectivity index (χ2n) is 7.30. The fraction of sp³-hybridized carbons (Fsp3) is 0.364. The minimum Gasteiger partial charge on any atom is -0.355 e. The van der Waals surface area contributed by atoms with Crippen molar-refractivity contribution >= 4 is 66.7 Å². The molecule has 1 atom stereocenters. The van der Waals surface area contributed by atoms with Crippen molar-refractivity contribution in [2.24, 2.45) is 0 Å². The van der Waals surface area contributed by atoms with Gasteiger partial charge in [0.2, 0.25) is 21.8 Å². The summed E-state index contributed by atoms with van der Waals surface area (Å²) in [7, 11) is -3.81. The van der Waals surface area contributed by atoms with Crippen LogP contribution < -0.4 is 9.62 Å². The molecule has 0 fully saturated rings. The number of amides is 2. The minimum atomic E-state index is -3.81. The average Bonchev–Trinajstić information content (AvgIpc) is 2.73. The second kappa shape index (κ2) is 12.1. The van der Waals surface area contributed by atoms with Crippen molar-refractivity contribution in [1.29, 1.82) is 0 Å². The Kier molecular flexibility index (Phi) is 10.0. The molecule has 0 radical (unpaired) electrons. The summed E-state index contributed by atoms with van der Waals surface area (Å²) in [5, 5.41) is 3.52. The lowest BCUT2D eigenvalue weighted by atomic mass is 10.1. The quantitative estimate of drug-likeness (QED) is 0.451. The number of halogens is 3. The molecule has 2 rings (SSSR count). The van der Waals surface area contributed by atoms with Gasteiger partial charge in [-0.15, -0.1) is 0 Å². The molecular weight excluding hydrogens is 553 g/mol. The number of para-hydroxylation sites is 1. The van der Waals surface area contributed by atoms with E-state index in [4.69, 9.17) is 23.2 Å². The molecule has 1 N–H and O–H groups in total. The van der Waals surface area contributed by atoms with Crippen LogP contribution in [0.1, 0.15) is 25.8 Å². The SMILES string of the molecule is CCNC(=O)[C@H](CC)N(Cc1ccc(Cl)cc1Cl)C(=O)CN(c1ccccc1Br)S(C)(=O)=O. The van der Waals surface area contributed by atoms with E-state index < -0.39 is 28.5 Å². The molecule has 2 aromatic carbocycles. The maximum absolute atomic E-state index is 13.5. The predicted octanol–water partition coefficient (Wildman–Crippen LogP) is 4.47. The molecule has 0 aliphatic carbocycles. The maximum atomic E-state index is 13.5. The maximum Gasteiger partial charge on any atom is 0.244 e. The molecule has 0 aromatic heterocycles. The molecule has 180 valence electrons. The zero-order valence-corrected chi connectivity index (χ0v) is 22.4. The lowest BCUT2D eigenvalue weighted by Crippen LogP contribution is -2.52. The fourth-order valence-corrected chi connectivity index (χ4v) is 5.24. The number of carbonyl (C=O) groups excluding carboxylic acids is 2. The van der Waals surface area contributed by atoms with E-state index in [2.05, 4.69) is 21.2 Å². The van der Waals surface area contributed by atoms with Gasteiger partial charge in [-0.25, -0.2) is 8.42 Å². The molecule has 7 nitrogen and oxygen atoms in total. The average molecular weight is 579 g/mol. The highest BCUT2D eigenvalue weighted by Gasteiger charge is 2.32. The van der Waals surface area contributed by atoms with Crippen LogP contribution in [0.25, 0.3) is 0 Å². The molecule has 0 unspecified atom stereocenters. The van der Waals surface area contributed by atoms with E-state index in [1.165, 1.54) is 4.90 Å². The Labute approximate surface area is 213 Å². The summed E-state index contributed by atoms with van der Waals surface area (Å²) in [6.07, 6.45) is 1.36. The first-order valence-corrected chi connectivity index (χ1v) is 13.6. The lowest BCUT2D eigenvalue weighted by molar-refractivity contribution is -0.140. The van der Waals surface area contributed by atoms with Gasteiger partial charge in [0.15, 0.2) is 0 Å². The van der Waals surface area contributed by atoms with E-state index in [0.717, 1.165) is 10.6 Å². The van der Waals surface area contributed by atoms with Crippen LogP contribution in [-0.4, -0.2) is 50.5 Å². The van der Waals surface area contributed by atoms with Crippen molar-refractivity contribution in [3.8, 4) is 0 Å². The van der Waals surface area contributed by atoms with Crippen molar-refractivity contribution < 1.29 is 18.0 Å². The van der Waals surface area contributed by atoms with Gasteiger partial charge in [-0.3, -0.25) is 13.9 Å². The van der Waals surface area contributed by atoms with Crippen LogP contribution in [0.2, 0.25) is 10.0 Å². The highest BCUT2D eigenvalue weighted by molar-refractivity contribution is 9.10. The van der Waals surface area contributed by atoms with Crippen molar-refractivity contribution in [2.45, 2.75) is 32.9 Å². The Balaban J connectivity index is 2.48. The van der Waals surface area contributed by atoms with Crippen molar-refractivity contribution in [3.05, 3.63) is 62.5 Å². The van der Waals surface area contributed by atoms with Gasteiger partial charge in [0.25, 0.3) is 0 Å². The topological polar surface area (TPSA) is 86.8 Å². The number of hydrogen-bond donors (Lipinski definition) is 1. The van der Waals surface area contributed by atoms with Crippen LogP contribution in [0.15, 0.2) is 46.9 Å². The van der Waals surface area contributed by atoms with Crippen molar-refractivity contribution in [1.82, 2.24) is 10.2 Å². The zero-order valence-electron chi connectivity index (χ0n) is 18.5. The summed E-state index contributed by atoms with van der Waals surface area (Å²) >= 11 is 15.7. The van der Waals surface area contributed by atoms with E-state index in [0.29, 0.717) is 38.7 Å². The molecule has 33 heavy (non-hydrogen) atoms. The monoisotopic (exact) mass is 577 g/mol. The summed E-state index contributed by atoms with van der Waals surface area (Å²) in [4.78, 5) is 27.6. The van der Waals surface area contributed by atoms with Gasteiger partial charge in [0.1, 0.15) is 12.6 Å². The third-order valence-corrected chi connectivity index (χ3v) is 7.28. The van der Waals surface area contributed by atoms with Gasteiger partial charge >= 0.3 is 0 Å². The van der Waals surface area contributed by atoms with Crippen LogP contribution in [0.4, 0.5) is 5.69 Å². The molecule has 0 saturated carbocycles. The lowest BCUT2D eigenvalue weighted by Gasteiger charge is -2.33. The summed E-state index contributed by atoms with van der Waals surface area (Å²) in [5.74, 6) is -0.870. The highest BCUT2D eigenvalue weighted by Crippen LogP contribution is 2.28. The van der Waals surface area contributed by atoms with Gasteiger partial charge in [-0.1, -0.05) is 48.3 Å². The van der Waals surface area contributed by atoms with E-state index in [1.54, 1.807) is 56.3 Å². The summed E-state index contributed by atoms with van der Waals surface area (Å²) in [5.41, 5.74) is 0.910. The Morgan fingerprint density at radius 3 is 2.33 bits per heavy atom. The van der Waals surface area contributed by atoms with Gasteiger partial charge in [0.05, 0.1) is 11.9 Å². The standard InChI is InChI=1S/C22H26BrCl2N3O4S/c1-4-19(22(30)26-5-2)27(13-15-10-11-16(24)12-18(15)25)21(29)14-28(33(3,31)32)20-9-7-6-8-17(20)23/h6-12,19H,4-5,13-14H2,1-3H3,(H,26,30)/t19-/m0/s1. The Morgan fingerprint density at radius 1 is 1.12 bits per heavy atom. The normalized spacial score (nSPS) is 12.2. The smallest absolute Gasteiger partial charge is 0.244 e. The molecule has 2 aromatic rings. The molecule has 11 heteroatoms. The van der Waals surface area contributed by atoms with Crippen molar-refractivity contribution in [3.63, 3.8) is 0 Å². The van der Waals surface area contributed by atoms with Gasteiger partial charge in [-0.2, -0.15) is 0 Å². The van der Waals surface area contributed by atoms with E-state index in [-0.39, 0.29) is 12.5 Å². The second-order valence-corrected chi connectivity index (χ2v) is 10.9. The molecular formula is C22H26BrCl2N3O4S. The largest absolute Gasteiger partial charge is 0.355 e. The number of likely N-dealkylation sites (N-methyl/N-ethyl adjacent to an activating group) is 1. The van der Waals surface area contributed by atoms with Crippen LogP contribution >= 0.6 is 39.1 Å². The predicted molar refractivity (Wildman–Crippen MR) is 136 cm³/mol. The Bertz CT molecular complexity index is 1110. The number of nitrogens with zero attached hydrogens (tertiary/aromatic N) is 2. The third kappa shape index (κ3) is 7.34. The molecule has 0 heterocycles. The first-order valence-electron chi connectivity index (χ1n) is 10.2. The van der Waals surface area contributed by atoms with Gasteiger partial charge in [0, 0.05) is 27.6 Å². The number of nitrogens with one attached hydrogen (secondary N) is 1. The molecule has 0 bridgehead atoms. The van der Waals surface area contributed by atoms with Crippen molar-refractivity contribution in [2.75, 3.05) is 23.7 Å². The number of hydrogen-bond acceptors (Lipinski definition) is 4. The van der Waals surface area contributed by atoms with E-state index >= 15 is 0 Å². The van der Waals surface area contributed by atoms with Gasteiger partial charge < -0.3 is 10.2 Å².